The lowest BCUT2D eigenvalue weighted by molar-refractivity contribution is 0.0951. The SMILES string of the molecule is NCC#Cc1cc(F)ccc1C(=O)NCC1CC1. The predicted molar refractivity (Wildman–Crippen MR) is 67.4 cm³/mol. The Hall–Kier alpha value is -1.86. The highest BCUT2D eigenvalue weighted by molar-refractivity contribution is 5.96. The first-order valence-electron chi connectivity index (χ1n) is 5.97. The average molecular weight is 246 g/mol. The molecule has 1 saturated carbocycles. The molecule has 3 nitrogen and oxygen atoms in total. The van der Waals surface area contributed by atoms with Gasteiger partial charge in [-0.15, -0.1) is 0 Å². The molecular formula is C14H15FN2O. The number of rotatable bonds is 3. The fourth-order valence-corrected chi connectivity index (χ4v) is 1.62. The molecular weight excluding hydrogens is 231 g/mol. The molecule has 0 aliphatic heterocycles. The molecule has 0 heterocycles. The van der Waals surface area contributed by atoms with Gasteiger partial charge in [-0.3, -0.25) is 4.79 Å². The normalized spacial score (nSPS) is 13.7. The molecule has 1 amide bonds. The van der Waals surface area contributed by atoms with E-state index in [9.17, 15) is 9.18 Å². The minimum absolute atomic E-state index is 0.180. The summed E-state index contributed by atoms with van der Waals surface area (Å²) in [6.07, 6.45) is 2.34. The van der Waals surface area contributed by atoms with Gasteiger partial charge in [0.1, 0.15) is 5.82 Å². The first-order chi connectivity index (χ1) is 8.70. The van der Waals surface area contributed by atoms with Gasteiger partial charge in [-0.2, -0.15) is 0 Å². The largest absolute Gasteiger partial charge is 0.352 e. The van der Waals surface area contributed by atoms with Crippen molar-refractivity contribution in [3.63, 3.8) is 0 Å². The average Bonchev–Trinajstić information content (AvgIpc) is 3.17. The summed E-state index contributed by atoms with van der Waals surface area (Å²) < 4.78 is 13.1. The lowest BCUT2D eigenvalue weighted by Gasteiger charge is -2.06. The summed E-state index contributed by atoms with van der Waals surface area (Å²) in [5.41, 5.74) is 6.06. The monoisotopic (exact) mass is 246 g/mol. The molecule has 18 heavy (non-hydrogen) atoms. The van der Waals surface area contributed by atoms with Crippen LogP contribution >= 0.6 is 0 Å². The summed E-state index contributed by atoms with van der Waals surface area (Å²) in [5, 5.41) is 2.84. The highest BCUT2D eigenvalue weighted by Crippen LogP contribution is 2.27. The molecule has 0 spiro atoms. The standard InChI is InChI=1S/C14H15FN2O/c15-12-5-6-13(11(8-12)2-1-7-16)14(18)17-9-10-3-4-10/h5-6,8,10H,3-4,7,9,16H2,(H,17,18). The van der Waals surface area contributed by atoms with E-state index in [4.69, 9.17) is 5.73 Å². The quantitative estimate of drug-likeness (QED) is 0.789. The zero-order valence-electron chi connectivity index (χ0n) is 10.0. The van der Waals surface area contributed by atoms with E-state index in [1.54, 1.807) is 0 Å². The number of hydrogen-bond acceptors (Lipinski definition) is 2. The van der Waals surface area contributed by atoms with Crippen molar-refractivity contribution in [1.29, 1.82) is 0 Å². The van der Waals surface area contributed by atoms with Gasteiger partial charge in [0.2, 0.25) is 0 Å². The van der Waals surface area contributed by atoms with E-state index in [1.807, 2.05) is 0 Å². The molecule has 1 aliphatic rings. The molecule has 0 atom stereocenters. The van der Waals surface area contributed by atoms with Gasteiger partial charge in [0.15, 0.2) is 0 Å². The molecule has 1 aliphatic carbocycles. The third-order valence-corrected chi connectivity index (χ3v) is 2.80. The van der Waals surface area contributed by atoms with E-state index in [0.29, 0.717) is 23.6 Å². The Balaban J connectivity index is 2.15. The van der Waals surface area contributed by atoms with Crippen molar-refractivity contribution >= 4 is 5.91 Å². The Labute approximate surface area is 106 Å². The predicted octanol–water partition coefficient (Wildman–Crippen LogP) is 1.28. The molecule has 0 aromatic heterocycles. The molecule has 2 rings (SSSR count). The summed E-state index contributed by atoms with van der Waals surface area (Å²) in [6.45, 7) is 0.861. The van der Waals surface area contributed by atoms with Crippen molar-refractivity contribution in [1.82, 2.24) is 5.32 Å². The molecule has 0 bridgehead atoms. The summed E-state index contributed by atoms with van der Waals surface area (Å²) >= 11 is 0. The van der Waals surface area contributed by atoms with Crippen LogP contribution in [0.2, 0.25) is 0 Å². The van der Waals surface area contributed by atoms with Crippen LogP contribution in [0.1, 0.15) is 28.8 Å². The summed E-state index contributed by atoms with van der Waals surface area (Å²) in [5.74, 6) is 5.35. The maximum absolute atomic E-state index is 13.1. The van der Waals surface area contributed by atoms with Crippen LogP contribution in [-0.4, -0.2) is 19.0 Å². The molecule has 0 radical (unpaired) electrons. The lowest BCUT2D eigenvalue weighted by atomic mass is 10.1. The molecule has 4 heteroatoms. The van der Waals surface area contributed by atoms with E-state index in [0.717, 1.165) is 0 Å². The number of nitrogens with one attached hydrogen (secondary N) is 1. The zero-order valence-corrected chi connectivity index (χ0v) is 10.0. The smallest absolute Gasteiger partial charge is 0.252 e. The molecule has 0 saturated heterocycles. The topological polar surface area (TPSA) is 55.1 Å². The van der Waals surface area contributed by atoms with Crippen LogP contribution < -0.4 is 11.1 Å². The number of amides is 1. The van der Waals surface area contributed by atoms with Crippen molar-refractivity contribution in [3.8, 4) is 11.8 Å². The van der Waals surface area contributed by atoms with E-state index < -0.39 is 5.82 Å². The van der Waals surface area contributed by atoms with Gasteiger partial charge in [0, 0.05) is 12.1 Å². The first kappa shape index (κ1) is 12.6. The van der Waals surface area contributed by atoms with Gasteiger partial charge >= 0.3 is 0 Å². The Morgan fingerprint density at radius 1 is 1.50 bits per heavy atom. The van der Waals surface area contributed by atoms with E-state index in [-0.39, 0.29) is 12.5 Å². The first-order valence-corrected chi connectivity index (χ1v) is 5.97. The van der Waals surface area contributed by atoms with Crippen LogP contribution in [0.25, 0.3) is 0 Å². The molecule has 1 aromatic rings. The van der Waals surface area contributed by atoms with Gasteiger partial charge in [-0.25, -0.2) is 4.39 Å². The third-order valence-electron chi connectivity index (χ3n) is 2.80. The number of nitrogens with two attached hydrogens (primary N) is 1. The van der Waals surface area contributed by atoms with E-state index >= 15 is 0 Å². The highest BCUT2D eigenvalue weighted by Gasteiger charge is 2.22. The Kier molecular flexibility index (Phi) is 3.96. The van der Waals surface area contributed by atoms with Gasteiger partial charge in [0.25, 0.3) is 5.91 Å². The molecule has 3 N–H and O–H groups in total. The van der Waals surface area contributed by atoms with Crippen molar-refractivity contribution in [2.24, 2.45) is 11.7 Å². The second-order valence-corrected chi connectivity index (χ2v) is 4.35. The van der Waals surface area contributed by atoms with Gasteiger partial charge in [0.05, 0.1) is 12.1 Å². The van der Waals surface area contributed by atoms with Gasteiger partial charge in [-0.05, 0) is 37.0 Å². The minimum atomic E-state index is -0.407. The summed E-state index contributed by atoms with van der Waals surface area (Å²) in [7, 11) is 0. The van der Waals surface area contributed by atoms with Crippen LogP contribution in [0.5, 0.6) is 0 Å². The Morgan fingerprint density at radius 2 is 2.28 bits per heavy atom. The van der Waals surface area contributed by atoms with Crippen LogP contribution in [0, 0.1) is 23.6 Å². The van der Waals surface area contributed by atoms with E-state index in [1.165, 1.54) is 31.0 Å². The van der Waals surface area contributed by atoms with Crippen molar-refractivity contribution in [3.05, 3.63) is 35.1 Å². The molecule has 1 aromatic carbocycles. The number of carbonyl (C=O) groups is 1. The zero-order chi connectivity index (χ0) is 13.0. The Morgan fingerprint density at radius 3 is 2.94 bits per heavy atom. The summed E-state index contributed by atoms with van der Waals surface area (Å²) in [6, 6.07) is 3.98. The lowest BCUT2D eigenvalue weighted by Crippen LogP contribution is -2.26. The molecule has 0 unspecified atom stereocenters. The fourth-order valence-electron chi connectivity index (χ4n) is 1.62. The van der Waals surface area contributed by atoms with E-state index in [2.05, 4.69) is 17.2 Å². The number of carbonyl (C=O) groups excluding carboxylic acids is 1. The second kappa shape index (κ2) is 5.65. The van der Waals surface area contributed by atoms with Crippen molar-refractivity contribution < 1.29 is 9.18 Å². The minimum Gasteiger partial charge on any atom is -0.352 e. The van der Waals surface area contributed by atoms with Crippen LogP contribution in [0.4, 0.5) is 4.39 Å². The maximum Gasteiger partial charge on any atom is 0.252 e. The number of benzene rings is 1. The van der Waals surface area contributed by atoms with Crippen molar-refractivity contribution in [2.75, 3.05) is 13.1 Å². The molecule has 94 valence electrons. The highest BCUT2D eigenvalue weighted by atomic mass is 19.1. The van der Waals surface area contributed by atoms with Gasteiger partial charge < -0.3 is 11.1 Å². The number of halogens is 1. The number of hydrogen-bond donors (Lipinski definition) is 2. The maximum atomic E-state index is 13.1. The van der Waals surface area contributed by atoms with Crippen LogP contribution in [0.3, 0.4) is 0 Å². The van der Waals surface area contributed by atoms with Crippen LogP contribution in [-0.2, 0) is 0 Å². The van der Waals surface area contributed by atoms with Crippen molar-refractivity contribution in [2.45, 2.75) is 12.8 Å². The third kappa shape index (κ3) is 3.31. The molecule has 1 fully saturated rings. The second-order valence-electron chi connectivity index (χ2n) is 4.35. The fraction of sp³-hybridized carbons (Fsp3) is 0.357. The summed E-state index contributed by atoms with van der Waals surface area (Å²) in [4.78, 5) is 11.9. The Bertz CT molecular complexity index is 512. The van der Waals surface area contributed by atoms with Crippen LogP contribution in [0.15, 0.2) is 18.2 Å². The van der Waals surface area contributed by atoms with Gasteiger partial charge in [-0.1, -0.05) is 11.8 Å².